The van der Waals surface area contributed by atoms with Crippen LogP contribution in [0.2, 0.25) is 0 Å². The fourth-order valence-electron chi connectivity index (χ4n) is 1.33. The van der Waals surface area contributed by atoms with Crippen LogP contribution in [0.15, 0.2) is 0 Å². The number of ether oxygens (including phenoxy) is 1. The van der Waals surface area contributed by atoms with Gasteiger partial charge < -0.3 is 31.9 Å². The van der Waals surface area contributed by atoms with Crippen molar-refractivity contribution in [2.24, 2.45) is 11.5 Å². The van der Waals surface area contributed by atoms with Crippen molar-refractivity contribution in [1.29, 1.82) is 0 Å². The lowest BCUT2D eigenvalue weighted by atomic mass is 10.2. The third kappa shape index (κ3) is 4.17. The highest BCUT2D eigenvalue weighted by Crippen LogP contribution is 2.21. The maximum Gasteiger partial charge on any atom is 0.328 e. The van der Waals surface area contributed by atoms with Crippen LogP contribution < -0.4 is 22.1 Å². The summed E-state index contributed by atoms with van der Waals surface area (Å²) in [6, 6.07) is -2.21. The Bertz CT molecular complexity index is 437. The Morgan fingerprint density at radius 2 is 1.90 bits per heavy atom. The predicted octanol–water partition coefficient (Wildman–Crippen LogP) is -3.73. The molecule has 20 heavy (non-hydrogen) atoms. The highest BCUT2D eigenvalue weighted by molar-refractivity contribution is 5.94. The molecule has 7 N–H and O–H groups in total. The van der Waals surface area contributed by atoms with Crippen LogP contribution in [-0.2, 0) is 23.9 Å². The highest BCUT2D eigenvalue weighted by Gasteiger charge is 2.49. The minimum Gasteiger partial charge on any atom is -0.480 e. The molecule has 4 atom stereocenters. The molecule has 0 saturated carbocycles. The number of nitrogens with two attached hydrogens (primary N) is 2. The number of hydrogen-bond donors (Lipinski definition) is 5. The predicted molar refractivity (Wildman–Crippen MR) is 64.1 cm³/mol. The molecule has 0 aromatic heterocycles. The molecule has 0 radical (unpaired) electrons. The molecule has 4 unspecified atom stereocenters. The molecule has 1 aliphatic rings. The Morgan fingerprint density at radius 3 is 2.30 bits per heavy atom. The van der Waals surface area contributed by atoms with Crippen molar-refractivity contribution in [3.63, 3.8) is 0 Å². The number of carboxylic acids is 1. The van der Waals surface area contributed by atoms with Crippen molar-refractivity contribution in [3.05, 3.63) is 0 Å². The van der Waals surface area contributed by atoms with E-state index in [9.17, 15) is 19.2 Å². The average molecular weight is 288 g/mol. The molecule has 0 aromatic rings. The number of amides is 3. The van der Waals surface area contributed by atoms with E-state index in [2.05, 4.69) is 10.6 Å². The zero-order valence-electron chi connectivity index (χ0n) is 10.7. The molecule has 3 amide bonds. The summed E-state index contributed by atoms with van der Waals surface area (Å²) in [5.41, 5.74) is 10.2. The Balaban J connectivity index is 2.44. The van der Waals surface area contributed by atoms with E-state index < -0.39 is 48.0 Å². The number of primary amides is 1. The largest absolute Gasteiger partial charge is 0.480 e. The maximum absolute atomic E-state index is 11.5. The molecule has 0 bridgehead atoms. The summed E-state index contributed by atoms with van der Waals surface area (Å²) in [6.07, 6.45) is -2.00. The number of carbonyl (C=O) groups is 4. The molecule has 10 nitrogen and oxygen atoms in total. The van der Waals surface area contributed by atoms with Gasteiger partial charge in [0.2, 0.25) is 11.8 Å². The molecule has 10 heteroatoms. The average Bonchev–Trinajstić information content (AvgIpc) is 3.13. The van der Waals surface area contributed by atoms with Crippen LogP contribution in [-0.4, -0.2) is 59.6 Å². The normalized spacial score (nSPS) is 23.3. The van der Waals surface area contributed by atoms with Crippen LogP contribution in [0, 0.1) is 0 Å². The lowest BCUT2D eigenvalue weighted by Crippen LogP contribution is -2.52. The molecule has 0 aliphatic carbocycles. The second kappa shape index (κ2) is 6.30. The number of nitrogens with one attached hydrogen (secondary N) is 2. The number of rotatable bonds is 7. The minimum absolute atomic E-state index is 0.363. The van der Waals surface area contributed by atoms with Crippen molar-refractivity contribution in [2.45, 2.75) is 31.2 Å². The zero-order valence-corrected chi connectivity index (χ0v) is 10.7. The highest BCUT2D eigenvalue weighted by atomic mass is 16.6. The van der Waals surface area contributed by atoms with Crippen LogP contribution in [0.1, 0.15) is 6.92 Å². The van der Waals surface area contributed by atoms with Gasteiger partial charge in [-0.05, 0) is 6.92 Å². The van der Waals surface area contributed by atoms with Gasteiger partial charge in [0.15, 0.2) is 12.2 Å². The summed E-state index contributed by atoms with van der Waals surface area (Å²) in [4.78, 5) is 44.4. The Kier molecular flexibility index (Phi) is 5.00. The quantitative estimate of drug-likeness (QED) is 0.299. The van der Waals surface area contributed by atoms with Crippen molar-refractivity contribution in [2.75, 3.05) is 6.54 Å². The fraction of sp³-hybridized carbons (Fsp3) is 0.600. The summed E-state index contributed by atoms with van der Waals surface area (Å²) in [5.74, 6) is -3.44. The Hall–Kier alpha value is -2.20. The molecule has 112 valence electrons. The van der Waals surface area contributed by atoms with E-state index in [0.717, 1.165) is 0 Å². The van der Waals surface area contributed by atoms with E-state index in [1.54, 1.807) is 0 Å². The van der Waals surface area contributed by atoms with Gasteiger partial charge in [-0.2, -0.15) is 0 Å². The van der Waals surface area contributed by atoms with Gasteiger partial charge in [-0.3, -0.25) is 14.4 Å². The van der Waals surface area contributed by atoms with Gasteiger partial charge in [-0.1, -0.05) is 0 Å². The maximum atomic E-state index is 11.5. The number of epoxide rings is 1. The molecule has 0 spiro atoms. The first-order valence-electron chi connectivity index (χ1n) is 5.75. The molecule has 1 heterocycles. The standard InChI is InChI=1S/C10H16N4O6/c1-3(11)8(16)14-4(10(18)19)2-13-9(17)6-5(20-6)7(12)15/h3-6H,2,11H2,1H3,(H2,12,15)(H,13,17)(H,14,16)(H,18,19). The molecule has 1 fully saturated rings. The number of hydrogen-bond acceptors (Lipinski definition) is 6. The lowest BCUT2D eigenvalue weighted by molar-refractivity contribution is -0.142. The molecule has 0 aromatic carbocycles. The van der Waals surface area contributed by atoms with Gasteiger partial charge >= 0.3 is 5.97 Å². The van der Waals surface area contributed by atoms with Crippen LogP contribution in [0.4, 0.5) is 0 Å². The topological polar surface area (TPSA) is 177 Å². The van der Waals surface area contributed by atoms with Gasteiger partial charge in [0, 0.05) is 6.54 Å². The summed E-state index contributed by atoms with van der Waals surface area (Å²) < 4.78 is 4.71. The molecule has 1 rings (SSSR count). The first-order valence-corrected chi connectivity index (χ1v) is 5.75. The van der Waals surface area contributed by atoms with Crippen LogP contribution in [0.5, 0.6) is 0 Å². The van der Waals surface area contributed by atoms with E-state index >= 15 is 0 Å². The van der Waals surface area contributed by atoms with Gasteiger partial charge in [0.1, 0.15) is 6.04 Å². The smallest absolute Gasteiger partial charge is 0.328 e. The molecular weight excluding hydrogens is 272 g/mol. The SMILES string of the molecule is CC(N)C(=O)NC(CNC(=O)C1OC1C(N)=O)C(=O)O. The van der Waals surface area contributed by atoms with Crippen LogP contribution in [0.3, 0.4) is 0 Å². The van der Waals surface area contributed by atoms with Gasteiger partial charge in [0.25, 0.3) is 5.91 Å². The summed E-state index contributed by atoms with van der Waals surface area (Å²) in [5, 5.41) is 13.3. The van der Waals surface area contributed by atoms with E-state index in [4.69, 9.17) is 21.3 Å². The van der Waals surface area contributed by atoms with Crippen molar-refractivity contribution >= 4 is 23.7 Å². The summed E-state index contributed by atoms with van der Waals surface area (Å²) in [7, 11) is 0. The third-order valence-electron chi connectivity index (χ3n) is 2.54. The second-order valence-corrected chi connectivity index (χ2v) is 4.31. The molecular formula is C10H16N4O6. The third-order valence-corrected chi connectivity index (χ3v) is 2.54. The number of carbonyl (C=O) groups excluding carboxylic acids is 3. The molecule has 1 aliphatic heterocycles. The minimum atomic E-state index is -1.33. The number of carboxylic acid groups (broad SMARTS) is 1. The van der Waals surface area contributed by atoms with Gasteiger partial charge in [-0.15, -0.1) is 0 Å². The van der Waals surface area contributed by atoms with Gasteiger partial charge in [-0.25, -0.2) is 4.79 Å². The monoisotopic (exact) mass is 288 g/mol. The lowest BCUT2D eigenvalue weighted by Gasteiger charge is -2.16. The zero-order chi connectivity index (χ0) is 15.4. The van der Waals surface area contributed by atoms with Gasteiger partial charge in [0.05, 0.1) is 6.04 Å². The first kappa shape index (κ1) is 15.9. The first-order chi connectivity index (χ1) is 9.23. The fourth-order valence-corrected chi connectivity index (χ4v) is 1.33. The van der Waals surface area contributed by atoms with Crippen molar-refractivity contribution < 1.29 is 29.0 Å². The van der Waals surface area contributed by atoms with Crippen LogP contribution in [0.25, 0.3) is 0 Å². The Labute approximate surface area is 113 Å². The van der Waals surface area contributed by atoms with Crippen LogP contribution >= 0.6 is 0 Å². The summed E-state index contributed by atoms with van der Waals surface area (Å²) >= 11 is 0. The van der Waals surface area contributed by atoms with E-state index in [1.165, 1.54) is 6.92 Å². The number of aliphatic carboxylic acids is 1. The van der Waals surface area contributed by atoms with E-state index in [-0.39, 0.29) is 6.54 Å². The van der Waals surface area contributed by atoms with E-state index in [1.807, 2.05) is 0 Å². The van der Waals surface area contributed by atoms with Crippen molar-refractivity contribution in [1.82, 2.24) is 10.6 Å². The van der Waals surface area contributed by atoms with E-state index in [0.29, 0.717) is 0 Å². The van der Waals surface area contributed by atoms with Crippen molar-refractivity contribution in [3.8, 4) is 0 Å². The second-order valence-electron chi connectivity index (χ2n) is 4.31. The summed E-state index contributed by atoms with van der Waals surface area (Å²) in [6.45, 7) is 1.03. The Morgan fingerprint density at radius 1 is 1.30 bits per heavy atom. The molecule has 1 saturated heterocycles.